The highest BCUT2D eigenvalue weighted by Crippen LogP contribution is 2.32. The summed E-state index contributed by atoms with van der Waals surface area (Å²) in [5.41, 5.74) is 3.21. The van der Waals surface area contributed by atoms with Crippen molar-refractivity contribution in [2.45, 2.75) is 13.5 Å². The highest BCUT2D eigenvalue weighted by atomic mass is 79.9. The zero-order valence-electron chi connectivity index (χ0n) is 14.9. The third-order valence-electron chi connectivity index (χ3n) is 4.21. The fourth-order valence-electron chi connectivity index (χ4n) is 2.82. The lowest BCUT2D eigenvalue weighted by Gasteiger charge is -2.20. The molecule has 0 atom stereocenters. The SMILES string of the molecule is Cc1ccc2nc(N(Cc3ccccn3)C(=O)c3cc(Br)ccc3Cl)sc2c1. The zero-order valence-corrected chi connectivity index (χ0v) is 18.1. The number of pyridine rings is 1. The molecule has 0 saturated heterocycles. The van der Waals surface area contributed by atoms with Crippen molar-refractivity contribution in [3.8, 4) is 0 Å². The van der Waals surface area contributed by atoms with Gasteiger partial charge in [-0.25, -0.2) is 4.98 Å². The van der Waals surface area contributed by atoms with Crippen LogP contribution in [0.3, 0.4) is 0 Å². The number of benzene rings is 2. The standard InChI is InChI=1S/C21H15BrClN3OS/c1-13-5-8-18-19(10-13)28-21(25-18)26(12-15-4-2-3-9-24-15)20(27)16-11-14(22)6-7-17(16)23/h2-11H,12H2,1H3. The van der Waals surface area contributed by atoms with Crippen LogP contribution >= 0.6 is 38.9 Å². The second kappa shape index (κ2) is 7.99. The number of halogens is 2. The Morgan fingerprint density at radius 1 is 1.18 bits per heavy atom. The minimum absolute atomic E-state index is 0.215. The molecule has 0 unspecified atom stereocenters. The number of hydrogen-bond acceptors (Lipinski definition) is 4. The number of carbonyl (C=O) groups excluding carboxylic acids is 1. The fraction of sp³-hybridized carbons (Fsp3) is 0.0952. The van der Waals surface area contributed by atoms with Gasteiger partial charge in [-0.1, -0.05) is 51.0 Å². The van der Waals surface area contributed by atoms with E-state index in [2.05, 4.69) is 27.0 Å². The first kappa shape index (κ1) is 19.1. The van der Waals surface area contributed by atoms with Crippen LogP contribution in [-0.2, 0) is 6.54 Å². The summed E-state index contributed by atoms with van der Waals surface area (Å²) in [6.45, 7) is 2.35. The van der Waals surface area contributed by atoms with Gasteiger partial charge in [0.15, 0.2) is 5.13 Å². The number of aryl methyl sites for hydroxylation is 1. The second-order valence-corrected chi connectivity index (χ2v) is 8.64. The van der Waals surface area contributed by atoms with Crippen LogP contribution in [0.4, 0.5) is 5.13 Å². The number of fused-ring (bicyclic) bond motifs is 1. The first-order valence-electron chi connectivity index (χ1n) is 8.55. The quantitative estimate of drug-likeness (QED) is 0.352. The van der Waals surface area contributed by atoms with E-state index in [1.165, 1.54) is 11.3 Å². The zero-order chi connectivity index (χ0) is 19.7. The molecule has 0 aliphatic carbocycles. The molecule has 0 aliphatic rings. The lowest BCUT2D eigenvalue weighted by molar-refractivity contribution is 0.0985. The molecule has 0 bridgehead atoms. The average Bonchev–Trinajstić information content (AvgIpc) is 3.11. The molecule has 0 fully saturated rings. The van der Waals surface area contributed by atoms with Gasteiger partial charge in [-0.05, 0) is 55.0 Å². The Morgan fingerprint density at radius 2 is 2.04 bits per heavy atom. The fourth-order valence-corrected chi connectivity index (χ4v) is 4.44. The molecule has 0 saturated carbocycles. The van der Waals surface area contributed by atoms with Crippen molar-refractivity contribution in [1.82, 2.24) is 9.97 Å². The van der Waals surface area contributed by atoms with Crippen LogP contribution in [-0.4, -0.2) is 15.9 Å². The predicted molar refractivity (Wildman–Crippen MR) is 118 cm³/mol. The summed E-state index contributed by atoms with van der Waals surface area (Å²) < 4.78 is 1.83. The molecular weight excluding hydrogens is 458 g/mol. The molecular formula is C21H15BrClN3OS. The maximum Gasteiger partial charge on any atom is 0.261 e. The Hall–Kier alpha value is -2.28. The number of thiazole rings is 1. The molecule has 2 heterocycles. The van der Waals surface area contributed by atoms with E-state index in [1.807, 2.05) is 43.3 Å². The molecule has 0 spiro atoms. The highest BCUT2D eigenvalue weighted by Gasteiger charge is 2.24. The number of rotatable bonds is 4. The van der Waals surface area contributed by atoms with Gasteiger partial charge in [-0.3, -0.25) is 14.7 Å². The largest absolute Gasteiger partial charge is 0.278 e. The smallest absolute Gasteiger partial charge is 0.261 e. The van der Waals surface area contributed by atoms with Crippen LogP contribution in [0, 0.1) is 6.92 Å². The van der Waals surface area contributed by atoms with Gasteiger partial charge in [0.05, 0.1) is 33.0 Å². The van der Waals surface area contributed by atoms with Gasteiger partial charge >= 0.3 is 0 Å². The summed E-state index contributed by atoms with van der Waals surface area (Å²) in [6.07, 6.45) is 1.71. The number of carbonyl (C=O) groups is 1. The molecule has 2 aromatic heterocycles. The molecule has 1 amide bonds. The van der Waals surface area contributed by atoms with E-state index in [-0.39, 0.29) is 5.91 Å². The molecule has 2 aromatic carbocycles. The van der Waals surface area contributed by atoms with E-state index in [0.29, 0.717) is 22.3 Å². The normalized spacial score (nSPS) is 11.0. The molecule has 140 valence electrons. The Balaban J connectivity index is 1.80. The summed E-state index contributed by atoms with van der Waals surface area (Å²) in [4.78, 5) is 24.1. The minimum Gasteiger partial charge on any atom is -0.278 e. The topological polar surface area (TPSA) is 46.1 Å². The van der Waals surface area contributed by atoms with Crippen molar-refractivity contribution < 1.29 is 4.79 Å². The van der Waals surface area contributed by atoms with E-state index in [4.69, 9.17) is 16.6 Å². The van der Waals surface area contributed by atoms with Crippen molar-refractivity contribution >= 4 is 60.1 Å². The maximum atomic E-state index is 13.4. The predicted octanol–water partition coefficient (Wildman–Crippen LogP) is 6.26. The number of anilines is 1. The molecule has 7 heteroatoms. The van der Waals surface area contributed by atoms with Gasteiger partial charge < -0.3 is 0 Å². The molecule has 4 rings (SSSR count). The lowest BCUT2D eigenvalue weighted by atomic mass is 10.2. The van der Waals surface area contributed by atoms with Crippen molar-refractivity contribution in [3.63, 3.8) is 0 Å². The van der Waals surface area contributed by atoms with E-state index in [9.17, 15) is 4.79 Å². The van der Waals surface area contributed by atoms with Crippen molar-refractivity contribution in [1.29, 1.82) is 0 Å². The van der Waals surface area contributed by atoms with Crippen LogP contribution < -0.4 is 4.90 Å². The molecule has 4 aromatic rings. The Kier molecular flexibility index (Phi) is 5.44. The van der Waals surface area contributed by atoms with Gasteiger partial charge in [0, 0.05) is 10.7 Å². The van der Waals surface area contributed by atoms with Crippen LogP contribution in [0.1, 0.15) is 21.6 Å². The third kappa shape index (κ3) is 3.94. The lowest BCUT2D eigenvalue weighted by Crippen LogP contribution is -2.31. The molecule has 0 aliphatic heterocycles. The molecule has 4 nitrogen and oxygen atoms in total. The summed E-state index contributed by atoms with van der Waals surface area (Å²) in [5, 5.41) is 1.02. The summed E-state index contributed by atoms with van der Waals surface area (Å²) in [6, 6.07) is 16.9. The van der Waals surface area contributed by atoms with Crippen LogP contribution in [0.2, 0.25) is 5.02 Å². The summed E-state index contributed by atoms with van der Waals surface area (Å²) >= 11 is 11.2. The van der Waals surface area contributed by atoms with E-state index >= 15 is 0 Å². The van der Waals surface area contributed by atoms with Crippen molar-refractivity contribution in [2.24, 2.45) is 0 Å². The second-order valence-electron chi connectivity index (χ2n) is 6.30. The number of nitrogens with zero attached hydrogens (tertiary/aromatic N) is 3. The number of hydrogen-bond donors (Lipinski definition) is 0. The van der Waals surface area contributed by atoms with Gasteiger partial charge in [0.1, 0.15) is 0 Å². The molecule has 0 radical (unpaired) electrons. The molecule has 0 N–H and O–H groups in total. The Morgan fingerprint density at radius 3 is 2.82 bits per heavy atom. The number of aromatic nitrogens is 2. The van der Waals surface area contributed by atoms with E-state index in [1.54, 1.807) is 23.2 Å². The van der Waals surface area contributed by atoms with Gasteiger partial charge in [-0.2, -0.15) is 0 Å². The van der Waals surface area contributed by atoms with E-state index < -0.39 is 0 Å². The van der Waals surface area contributed by atoms with Crippen molar-refractivity contribution in [3.05, 3.63) is 87.1 Å². The first-order chi connectivity index (χ1) is 13.5. The Labute approximate surface area is 179 Å². The van der Waals surface area contributed by atoms with Gasteiger partial charge in [0.2, 0.25) is 0 Å². The minimum atomic E-state index is -0.215. The highest BCUT2D eigenvalue weighted by molar-refractivity contribution is 9.10. The van der Waals surface area contributed by atoms with Gasteiger partial charge in [-0.15, -0.1) is 0 Å². The summed E-state index contributed by atoms with van der Waals surface area (Å²) in [7, 11) is 0. The monoisotopic (exact) mass is 471 g/mol. The third-order valence-corrected chi connectivity index (χ3v) is 6.08. The van der Waals surface area contributed by atoms with Crippen LogP contribution in [0.15, 0.2) is 65.3 Å². The number of amides is 1. The average molecular weight is 473 g/mol. The van der Waals surface area contributed by atoms with Gasteiger partial charge in [0.25, 0.3) is 5.91 Å². The van der Waals surface area contributed by atoms with Crippen molar-refractivity contribution in [2.75, 3.05) is 4.90 Å². The Bertz CT molecular complexity index is 1160. The summed E-state index contributed by atoms with van der Waals surface area (Å²) in [5.74, 6) is -0.215. The van der Waals surface area contributed by atoms with Crippen LogP contribution in [0.5, 0.6) is 0 Å². The van der Waals surface area contributed by atoms with Crippen LogP contribution in [0.25, 0.3) is 10.2 Å². The first-order valence-corrected chi connectivity index (χ1v) is 10.5. The maximum absolute atomic E-state index is 13.4. The molecule has 28 heavy (non-hydrogen) atoms. The van der Waals surface area contributed by atoms with E-state index in [0.717, 1.165) is 25.9 Å².